The normalized spacial score (nSPS) is 11.6. The number of hydrogen-bond donors (Lipinski definition) is 2. The SMILES string of the molecule is CSc1cccc(Sc2cccc(Cl)c2)c1/C(N)=N/O. The van der Waals surface area contributed by atoms with Crippen LogP contribution in [0, 0.1) is 0 Å². The predicted molar refractivity (Wildman–Crippen MR) is 86.3 cm³/mol. The van der Waals surface area contributed by atoms with Crippen LogP contribution in [0.4, 0.5) is 0 Å². The first-order chi connectivity index (χ1) is 9.65. The number of halogens is 1. The molecule has 0 unspecified atom stereocenters. The average Bonchev–Trinajstić information content (AvgIpc) is 2.46. The molecular formula is C14H13ClN2OS2. The van der Waals surface area contributed by atoms with Crippen LogP contribution in [0.15, 0.2) is 62.3 Å². The smallest absolute Gasteiger partial charge is 0.172 e. The number of hydrogen-bond acceptors (Lipinski definition) is 4. The molecule has 0 spiro atoms. The summed E-state index contributed by atoms with van der Waals surface area (Å²) in [5.74, 6) is 0.111. The number of thioether (sulfide) groups is 1. The highest BCUT2D eigenvalue weighted by Crippen LogP contribution is 2.35. The lowest BCUT2D eigenvalue weighted by atomic mass is 10.2. The summed E-state index contributed by atoms with van der Waals surface area (Å²) in [4.78, 5) is 2.89. The topological polar surface area (TPSA) is 58.6 Å². The third kappa shape index (κ3) is 3.42. The fraction of sp³-hybridized carbons (Fsp3) is 0.0714. The van der Waals surface area contributed by atoms with Gasteiger partial charge in [-0.25, -0.2) is 0 Å². The van der Waals surface area contributed by atoms with Gasteiger partial charge in [0, 0.05) is 25.3 Å². The van der Waals surface area contributed by atoms with Crippen LogP contribution in [0.3, 0.4) is 0 Å². The molecule has 3 nitrogen and oxygen atoms in total. The van der Waals surface area contributed by atoms with Crippen molar-refractivity contribution in [1.82, 2.24) is 0 Å². The maximum absolute atomic E-state index is 8.97. The Morgan fingerprint density at radius 1 is 1.20 bits per heavy atom. The second kappa shape index (κ2) is 6.92. The highest BCUT2D eigenvalue weighted by molar-refractivity contribution is 8.00. The van der Waals surface area contributed by atoms with Crippen LogP contribution in [0.5, 0.6) is 0 Å². The summed E-state index contributed by atoms with van der Waals surface area (Å²) in [6, 6.07) is 13.4. The first-order valence-electron chi connectivity index (χ1n) is 5.74. The number of benzene rings is 2. The summed E-state index contributed by atoms with van der Waals surface area (Å²) in [5, 5.41) is 12.8. The predicted octanol–water partition coefficient (Wildman–Crippen LogP) is 4.31. The third-order valence-corrected chi connectivity index (χ3v) is 4.66. The van der Waals surface area contributed by atoms with Gasteiger partial charge < -0.3 is 10.9 Å². The van der Waals surface area contributed by atoms with Gasteiger partial charge in [-0.2, -0.15) is 0 Å². The molecule has 3 N–H and O–H groups in total. The highest BCUT2D eigenvalue weighted by Gasteiger charge is 2.13. The summed E-state index contributed by atoms with van der Waals surface area (Å²) in [6.45, 7) is 0. The molecule has 0 atom stereocenters. The van der Waals surface area contributed by atoms with Gasteiger partial charge in [-0.15, -0.1) is 11.8 Å². The van der Waals surface area contributed by atoms with E-state index >= 15 is 0 Å². The average molecular weight is 325 g/mol. The van der Waals surface area contributed by atoms with E-state index in [-0.39, 0.29) is 5.84 Å². The molecule has 2 rings (SSSR count). The van der Waals surface area contributed by atoms with Gasteiger partial charge in [-0.3, -0.25) is 0 Å². The van der Waals surface area contributed by atoms with E-state index < -0.39 is 0 Å². The minimum atomic E-state index is 0.111. The Balaban J connectivity index is 2.46. The van der Waals surface area contributed by atoms with E-state index in [1.165, 1.54) is 11.8 Å². The summed E-state index contributed by atoms with van der Waals surface area (Å²) in [6.07, 6.45) is 1.96. The van der Waals surface area contributed by atoms with Crippen LogP contribution in [-0.2, 0) is 0 Å². The Labute approximate surface area is 131 Å². The zero-order valence-corrected chi connectivity index (χ0v) is 13.1. The van der Waals surface area contributed by atoms with Gasteiger partial charge in [0.05, 0.1) is 0 Å². The maximum atomic E-state index is 8.97. The highest BCUT2D eigenvalue weighted by atomic mass is 35.5. The number of oxime groups is 1. The van der Waals surface area contributed by atoms with Crippen molar-refractivity contribution in [3.63, 3.8) is 0 Å². The Hall–Kier alpha value is -1.30. The minimum absolute atomic E-state index is 0.111. The minimum Gasteiger partial charge on any atom is -0.409 e. The van der Waals surface area contributed by atoms with E-state index in [0.717, 1.165) is 20.2 Å². The van der Waals surface area contributed by atoms with Gasteiger partial charge >= 0.3 is 0 Å². The Morgan fingerprint density at radius 2 is 1.90 bits per heavy atom. The molecule has 0 heterocycles. The van der Waals surface area contributed by atoms with Gasteiger partial charge in [-0.05, 0) is 36.6 Å². The fourth-order valence-electron chi connectivity index (χ4n) is 1.73. The molecule has 2 aromatic rings. The van der Waals surface area contributed by atoms with Crippen LogP contribution in [0.25, 0.3) is 0 Å². The first kappa shape index (κ1) is 15.1. The molecule has 0 aliphatic rings. The largest absolute Gasteiger partial charge is 0.409 e. The molecule has 2 aromatic carbocycles. The van der Waals surface area contributed by atoms with Crippen molar-refractivity contribution in [1.29, 1.82) is 0 Å². The second-order valence-corrected chi connectivity index (χ2v) is 6.28. The second-order valence-electron chi connectivity index (χ2n) is 3.88. The molecule has 0 aliphatic carbocycles. The van der Waals surface area contributed by atoms with Crippen LogP contribution in [-0.4, -0.2) is 17.3 Å². The van der Waals surface area contributed by atoms with Gasteiger partial charge in [0.1, 0.15) is 0 Å². The van der Waals surface area contributed by atoms with Crippen molar-refractivity contribution in [3.05, 3.63) is 53.1 Å². The van der Waals surface area contributed by atoms with Crippen LogP contribution >= 0.6 is 35.1 Å². The standard InChI is InChI=1S/C14H13ClN2OS2/c1-19-11-6-3-7-12(13(11)14(16)17-18)20-10-5-2-4-9(15)8-10/h2-8,18H,1H3,(H2,16,17). The molecule has 0 saturated carbocycles. The van der Waals surface area contributed by atoms with Crippen molar-refractivity contribution in [2.24, 2.45) is 10.9 Å². The van der Waals surface area contributed by atoms with Gasteiger partial charge in [0.2, 0.25) is 0 Å². The fourth-order valence-corrected chi connectivity index (χ4v) is 3.73. The maximum Gasteiger partial charge on any atom is 0.172 e. The molecule has 0 aromatic heterocycles. The molecule has 0 bridgehead atoms. The zero-order valence-electron chi connectivity index (χ0n) is 10.7. The van der Waals surface area contributed by atoms with Crippen LogP contribution in [0.1, 0.15) is 5.56 Å². The van der Waals surface area contributed by atoms with Crippen molar-refractivity contribution in [3.8, 4) is 0 Å². The molecule has 6 heteroatoms. The summed E-state index contributed by atoms with van der Waals surface area (Å²) < 4.78 is 0. The number of rotatable bonds is 4. The number of nitrogens with zero attached hydrogens (tertiary/aromatic N) is 1. The molecule has 0 radical (unpaired) electrons. The van der Waals surface area contributed by atoms with E-state index in [0.29, 0.717) is 5.02 Å². The van der Waals surface area contributed by atoms with Crippen LogP contribution in [0.2, 0.25) is 5.02 Å². The molecule has 104 valence electrons. The van der Waals surface area contributed by atoms with E-state index in [2.05, 4.69) is 5.16 Å². The molecule has 0 saturated heterocycles. The van der Waals surface area contributed by atoms with Crippen molar-refractivity contribution in [2.75, 3.05) is 6.26 Å². The lowest BCUT2D eigenvalue weighted by Gasteiger charge is -2.12. The monoisotopic (exact) mass is 324 g/mol. The summed E-state index contributed by atoms with van der Waals surface area (Å²) >= 11 is 9.08. The summed E-state index contributed by atoms with van der Waals surface area (Å²) in [7, 11) is 0. The Morgan fingerprint density at radius 3 is 2.55 bits per heavy atom. The molecule has 0 amide bonds. The van der Waals surface area contributed by atoms with E-state index in [9.17, 15) is 0 Å². The lowest BCUT2D eigenvalue weighted by Crippen LogP contribution is -2.15. The lowest BCUT2D eigenvalue weighted by molar-refractivity contribution is 0.318. The van der Waals surface area contributed by atoms with Crippen molar-refractivity contribution in [2.45, 2.75) is 14.7 Å². The molecule has 0 aliphatic heterocycles. The van der Waals surface area contributed by atoms with Crippen LogP contribution < -0.4 is 5.73 Å². The van der Waals surface area contributed by atoms with E-state index in [1.54, 1.807) is 11.8 Å². The molecule has 0 fully saturated rings. The van der Waals surface area contributed by atoms with Gasteiger partial charge in [0.25, 0.3) is 0 Å². The Kier molecular flexibility index (Phi) is 5.23. The number of nitrogens with two attached hydrogens (primary N) is 1. The van der Waals surface area contributed by atoms with E-state index in [1.807, 2.05) is 48.7 Å². The molecule has 20 heavy (non-hydrogen) atoms. The first-order valence-corrected chi connectivity index (χ1v) is 8.16. The van der Waals surface area contributed by atoms with Crippen molar-refractivity contribution >= 4 is 41.0 Å². The quantitative estimate of drug-likeness (QED) is 0.289. The van der Waals surface area contributed by atoms with Gasteiger partial charge in [0.15, 0.2) is 5.84 Å². The van der Waals surface area contributed by atoms with Crippen molar-refractivity contribution < 1.29 is 5.21 Å². The zero-order chi connectivity index (χ0) is 14.5. The summed E-state index contributed by atoms with van der Waals surface area (Å²) in [5.41, 5.74) is 6.55. The van der Waals surface area contributed by atoms with E-state index in [4.69, 9.17) is 22.5 Å². The van der Waals surface area contributed by atoms with Gasteiger partial charge in [-0.1, -0.05) is 40.7 Å². The number of amidine groups is 1. The Bertz CT molecular complexity index is 647. The molecular weight excluding hydrogens is 312 g/mol. The third-order valence-electron chi connectivity index (χ3n) is 2.60.